The molecular formula is C25H29N3O4S. The van der Waals surface area contributed by atoms with Gasteiger partial charge in [0.15, 0.2) is 22.4 Å². The van der Waals surface area contributed by atoms with E-state index in [-0.39, 0.29) is 18.7 Å². The van der Waals surface area contributed by atoms with Crippen LogP contribution in [0.3, 0.4) is 0 Å². The molecule has 0 aliphatic carbocycles. The summed E-state index contributed by atoms with van der Waals surface area (Å²) in [7, 11) is 0. The average molecular weight is 468 g/mol. The maximum Gasteiger partial charge on any atom is 0.231 e. The molecule has 3 aromatic rings. The second-order valence-electron chi connectivity index (χ2n) is 8.68. The second-order valence-corrected chi connectivity index (χ2v) is 9.62. The second kappa shape index (κ2) is 8.91. The molecule has 0 amide bonds. The number of ether oxygens (including phenoxy) is 3. The first-order valence-corrected chi connectivity index (χ1v) is 12.3. The Labute approximate surface area is 198 Å². The van der Waals surface area contributed by atoms with Gasteiger partial charge in [-0.1, -0.05) is 11.8 Å². The van der Waals surface area contributed by atoms with Crippen molar-refractivity contribution >= 4 is 17.5 Å². The molecule has 0 saturated carbocycles. The van der Waals surface area contributed by atoms with Gasteiger partial charge in [-0.15, -0.1) is 0 Å². The van der Waals surface area contributed by atoms with E-state index in [0.717, 1.165) is 76.7 Å². The van der Waals surface area contributed by atoms with Crippen molar-refractivity contribution in [2.45, 2.75) is 58.3 Å². The van der Waals surface area contributed by atoms with E-state index in [2.05, 4.69) is 16.1 Å². The highest BCUT2D eigenvalue weighted by Gasteiger charge is 2.23. The van der Waals surface area contributed by atoms with Crippen molar-refractivity contribution in [1.29, 1.82) is 0 Å². The SMILES string of the molecule is Cc1nc(SCC(=O)c2cc(C)n(-c3ccc4c(c3)OCO4)c2C)n(C[C@@H]2CCCO2)c1C. The number of imidazole rings is 1. The van der Waals surface area contributed by atoms with Gasteiger partial charge in [-0.25, -0.2) is 4.98 Å². The van der Waals surface area contributed by atoms with Crippen LogP contribution in [-0.4, -0.2) is 45.2 Å². The van der Waals surface area contributed by atoms with E-state index in [4.69, 9.17) is 19.2 Å². The van der Waals surface area contributed by atoms with Crippen molar-refractivity contribution in [2.75, 3.05) is 19.2 Å². The van der Waals surface area contributed by atoms with E-state index in [0.29, 0.717) is 5.75 Å². The van der Waals surface area contributed by atoms with Crippen LogP contribution in [0.4, 0.5) is 0 Å². The number of fused-ring (bicyclic) bond motifs is 1. The van der Waals surface area contributed by atoms with Crippen LogP contribution in [0.2, 0.25) is 0 Å². The molecule has 33 heavy (non-hydrogen) atoms. The summed E-state index contributed by atoms with van der Waals surface area (Å²) >= 11 is 1.51. The van der Waals surface area contributed by atoms with E-state index in [1.807, 2.05) is 45.0 Å². The minimum atomic E-state index is 0.0991. The molecular weight excluding hydrogens is 438 g/mol. The van der Waals surface area contributed by atoms with Crippen LogP contribution in [0, 0.1) is 27.7 Å². The monoisotopic (exact) mass is 467 g/mol. The Hall–Kier alpha value is -2.71. The number of benzene rings is 1. The van der Waals surface area contributed by atoms with Gasteiger partial charge in [0.2, 0.25) is 6.79 Å². The normalized spacial score (nSPS) is 17.2. The number of aromatic nitrogens is 3. The van der Waals surface area contributed by atoms with Crippen molar-refractivity contribution in [3.05, 3.63) is 52.6 Å². The summed E-state index contributed by atoms with van der Waals surface area (Å²) in [5.41, 5.74) is 5.77. The standard InChI is InChI=1S/C25H29N3O4S/c1-15-10-21(18(4)28(15)19-7-8-23-24(11-19)32-14-31-23)22(29)13-33-25-26-16(2)17(3)27(25)12-20-6-5-9-30-20/h7-8,10-11,20H,5-6,9,12-14H2,1-4H3/t20-/m0/s1. The third kappa shape index (κ3) is 4.17. The molecule has 1 fully saturated rings. The maximum absolute atomic E-state index is 13.2. The molecule has 2 aliphatic rings. The minimum Gasteiger partial charge on any atom is -0.454 e. The lowest BCUT2D eigenvalue weighted by Crippen LogP contribution is -2.17. The summed E-state index contributed by atoms with van der Waals surface area (Å²) < 4.78 is 21.1. The first-order chi connectivity index (χ1) is 15.9. The quantitative estimate of drug-likeness (QED) is 0.368. The smallest absolute Gasteiger partial charge is 0.231 e. The lowest BCUT2D eigenvalue weighted by Gasteiger charge is -2.14. The number of hydrogen-bond donors (Lipinski definition) is 0. The number of rotatable bonds is 7. The van der Waals surface area contributed by atoms with Gasteiger partial charge in [-0.2, -0.15) is 0 Å². The van der Waals surface area contributed by atoms with Crippen LogP contribution < -0.4 is 9.47 Å². The zero-order chi connectivity index (χ0) is 23.1. The Morgan fingerprint density at radius 3 is 2.73 bits per heavy atom. The fourth-order valence-corrected chi connectivity index (χ4v) is 5.60. The Bertz CT molecular complexity index is 1210. The van der Waals surface area contributed by atoms with Crippen molar-refractivity contribution < 1.29 is 19.0 Å². The lowest BCUT2D eigenvalue weighted by atomic mass is 10.2. The summed E-state index contributed by atoms with van der Waals surface area (Å²) in [4.78, 5) is 18.0. The molecule has 5 rings (SSSR count). The summed E-state index contributed by atoms with van der Waals surface area (Å²) in [5, 5.41) is 0.887. The summed E-state index contributed by atoms with van der Waals surface area (Å²) in [5.74, 6) is 1.92. The van der Waals surface area contributed by atoms with Crippen LogP contribution in [0.25, 0.3) is 5.69 Å². The Morgan fingerprint density at radius 2 is 1.94 bits per heavy atom. The maximum atomic E-state index is 13.2. The molecule has 0 spiro atoms. The van der Waals surface area contributed by atoms with Crippen LogP contribution in [0.1, 0.15) is 46.0 Å². The van der Waals surface area contributed by atoms with Gasteiger partial charge in [0.25, 0.3) is 0 Å². The highest BCUT2D eigenvalue weighted by Crippen LogP contribution is 2.35. The third-order valence-electron chi connectivity index (χ3n) is 6.51. The van der Waals surface area contributed by atoms with E-state index < -0.39 is 0 Å². The van der Waals surface area contributed by atoms with Crippen LogP contribution in [0.15, 0.2) is 29.4 Å². The fraction of sp³-hybridized carbons (Fsp3) is 0.440. The van der Waals surface area contributed by atoms with Gasteiger partial charge in [-0.3, -0.25) is 4.79 Å². The molecule has 0 unspecified atom stereocenters. The molecule has 2 aromatic heterocycles. The van der Waals surface area contributed by atoms with Crippen molar-refractivity contribution in [3.63, 3.8) is 0 Å². The van der Waals surface area contributed by atoms with Crippen LogP contribution in [-0.2, 0) is 11.3 Å². The molecule has 1 aromatic carbocycles. The topological polar surface area (TPSA) is 67.5 Å². The van der Waals surface area contributed by atoms with Gasteiger partial charge >= 0.3 is 0 Å². The lowest BCUT2D eigenvalue weighted by molar-refractivity contribution is 0.0945. The molecule has 4 heterocycles. The van der Waals surface area contributed by atoms with E-state index >= 15 is 0 Å². The van der Waals surface area contributed by atoms with Gasteiger partial charge in [0.05, 0.1) is 24.1 Å². The Morgan fingerprint density at radius 1 is 1.12 bits per heavy atom. The molecule has 1 atom stereocenters. The zero-order valence-corrected chi connectivity index (χ0v) is 20.3. The molecule has 8 heteroatoms. The molecule has 174 valence electrons. The van der Waals surface area contributed by atoms with Crippen molar-refractivity contribution in [3.8, 4) is 17.2 Å². The predicted octanol–water partition coefficient (Wildman–Crippen LogP) is 4.79. The Kier molecular flexibility index (Phi) is 5.97. The number of ketones is 1. The third-order valence-corrected chi connectivity index (χ3v) is 7.49. The number of carbonyl (C=O) groups is 1. The number of carbonyl (C=O) groups excluding carboxylic acids is 1. The summed E-state index contributed by atoms with van der Waals surface area (Å²) in [6.07, 6.45) is 2.41. The van der Waals surface area contributed by atoms with E-state index in [9.17, 15) is 4.79 Å². The summed E-state index contributed by atoms with van der Waals surface area (Å²) in [6, 6.07) is 7.83. The van der Waals surface area contributed by atoms with E-state index in [1.54, 1.807) is 0 Å². The summed E-state index contributed by atoms with van der Waals surface area (Å²) in [6.45, 7) is 9.98. The highest BCUT2D eigenvalue weighted by molar-refractivity contribution is 7.99. The first-order valence-electron chi connectivity index (χ1n) is 11.3. The van der Waals surface area contributed by atoms with E-state index in [1.165, 1.54) is 11.8 Å². The van der Waals surface area contributed by atoms with Crippen molar-refractivity contribution in [2.24, 2.45) is 0 Å². The molecule has 0 bridgehead atoms. The molecule has 2 aliphatic heterocycles. The van der Waals surface area contributed by atoms with Crippen molar-refractivity contribution in [1.82, 2.24) is 14.1 Å². The molecule has 7 nitrogen and oxygen atoms in total. The number of hydrogen-bond acceptors (Lipinski definition) is 6. The minimum absolute atomic E-state index is 0.0991. The number of nitrogens with zero attached hydrogens (tertiary/aromatic N) is 3. The average Bonchev–Trinajstić information content (AvgIpc) is 3.57. The largest absolute Gasteiger partial charge is 0.454 e. The number of thioether (sulfide) groups is 1. The van der Waals surface area contributed by atoms with Crippen LogP contribution in [0.5, 0.6) is 11.5 Å². The highest BCUT2D eigenvalue weighted by atomic mass is 32.2. The number of aryl methyl sites for hydroxylation is 2. The predicted molar refractivity (Wildman–Crippen MR) is 127 cm³/mol. The van der Waals surface area contributed by atoms with Gasteiger partial charge < -0.3 is 23.3 Å². The first kappa shape index (κ1) is 22.1. The Balaban J connectivity index is 1.34. The van der Waals surface area contributed by atoms with Gasteiger partial charge in [0, 0.05) is 41.0 Å². The molecule has 1 saturated heterocycles. The molecule has 0 radical (unpaired) electrons. The molecule has 0 N–H and O–H groups in total. The zero-order valence-electron chi connectivity index (χ0n) is 19.5. The number of Topliss-reactive ketones (excluding diaryl/α,β-unsaturated/α-hetero) is 1. The van der Waals surface area contributed by atoms with Gasteiger partial charge in [0.1, 0.15) is 0 Å². The van der Waals surface area contributed by atoms with Gasteiger partial charge in [-0.05, 0) is 58.7 Å². The van der Waals surface area contributed by atoms with Crippen LogP contribution >= 0.6 is 11.8 Å². The fourth-order valence-electron chi connectivity index (χ4n) is 4.62.